The molecule has 6 nitrogen and oxygen atoms in total. The SMILES string of the molecule is C#CCCC1(CCC(=O)NCc2ccc(-c3cnn(C)c3)cc2)N=N1. The van der Waals surface area contributed by atoms with Gasteiger partial charge >= 0.3 is 0 Å². The predicted molar refractivity (Wildman–Crippen MR) is 95.4 cm³/mol. The molecule has 0 aliphatic carbocycles. The molecule has 2 heterocycles. The van der Waals surface area contributed by atoms with E-state index in [4.69, 9.17) is 6.42 Å². The zero-order valence-corrected chi connectivity index (χ0v) is 14.3. The molecule has 6 heteroatoms. The lowest BCUT2D eigenvalue weighted by molar-refractivity contribution is -0.121. The van der Waals surface area contributed by atoms with Gasteiger partial charge in [-0.1, -0.05) is 24.3 Å². The van der Waals surface area contributed by atoms with Crippen molar-refractivity contribution in [3.05, 3.63) is 42.2 Å². The highest BCUT2D eigenvalue weighted by Gasteiger charge is 2.39. The van der Waals surface area contributed by atoms with Crippen LogP contribution in [-0.2, 0) is 18.4 Å². The minimum Gasteiger partial charge on any atom is -0.352 e. The molecule has 1 aliphatic heterocycles. The van der Waals surface area contributed by atoms with Crippen molar-refractivity contribution in [3.63, 3.8) is 0 Å². The monoisotopic (exact) mass is 335 g/mol. The first-order valence-corrected chi connectivity index (χ1v) is 8.32. The summed E-state index contributed by atoms with van der Waals surface area (Å²) >= 11 is 0. The number of amides is 1. The van der Waals surface area contributed by atoms with Crippen LogP contribution in [0.2, 0.25) is 0 Å². The zero-order valence-electron chi connectivity index (χ0n) is 14.3. The number of carbonyl (C=O) groups excluding carboxylic acids is 1. The smallest absolute Gasteiger partial charge is 0.220 e. The first-order valence-electron chi connectivity index (χ1n) is 8.32. The highest BCUT2D eigenvalue weighted by molar-refractivity contribution is 5.76. The molecule has 1 aromatic heterocycles. The van der Waals surface area contributed by atoms with Crippen LogP contribution in [0.3, 0.4) is 0 Å². The van der Waals surface area contributed by atoms with Crippen molar-refractivity contribution in [1.29, 1.82) is 0 Å². The van der Waals surface area contributed by atoms with Crippen molar-refractivity contribution in [2.24, 2.45) is 17.3 Å². The molecule has 0 saturated carbocycles. The van der Waals surface area contributed by atoms with E-state index in [0.717, 1.165) is 23.1 Å². The Labute approximate surface area is 147 Å². The summed E-state index contributed by atoms with van der Waals surface area (Å²) in [4.78, 5) is 12.0. The number of nitrogens with zero attached hydrogens (tertiary/aromatic N) is 4. The molecule has 1 amide bonds. The van der Waals surface area contributed by atoms with Gasteiger partial charge in [0.25, 0.3) is 0 Å². The maximum absolute atomic E-state index is 12.0. The van der Waals surface area contributed by atoms with Crippen LogP contribution in [-0.4, -0.2) is 21.4 Å². The van der Waals surface area contributed by atoms with Crippen molar-refractivity contribution in [2.75, 3.05) is 0 Å². The third kappa shape index (κ3) is 4.54. The maximum Gasteiger partial charge on any atom is 0.220 e. The van der Waals surface area contributed by atoms with Crippen molar-refractivity contribution >= 4 is 5.91 Å². The van der Waals surface area contributed by atoms with E-state index in [9.17, 15) is 4.79 Å². The summed E-state index contributed by atoms with van der Waals surface area (Å²) < 4.78 is 1.78. The Kier molecular flexibility index (Phi) is 4.94. The largest absolute Gasteiger partial charge is 0.352 e. The van der Waals surface area contributed by atoms with E-state index in [-0.39, 0.29) is 5.91 Å². The van der Waals surface area contributed by atoms with E-state index in [2.05, 4.69) is 26.6 Å². The zero-order chi connectivity index (χ0) is 17.7. The average molecular weight is 335 g/mol. The van der Waals surface area contributed by atoms with E-state index >= 15 is 0 Å². The van der Waals surface area contributed by atoms with Crippen LogP contribution < -0.4 is 5.32 Å². The Morgan fingerprint density at radius 1 is 1.24 bits per heavy atom. The number of aromatic nitrogens is 2. The topological polar surface area (TPSA) is 71.6 Å². The first-order chi connectivity index (χ1) is 12.1. The third-order valence-corrected chi connectivity index (χ3v) is 4.29. The fraction of sp³-hybridized carbons (Fsp3) is 0.368. The highest BCUT2D eigenvalue weighted by atomic mass is 16.1. The van der Waals surface area contributed by atoms with Gasteiger partial charge in [-0.2, -0.15) is 15.3 Å². The minimum absolute atomic E-state index is 0.00807. The number of hydrogen-bond donors (Lipinski definition) is 1. The molecule has 0 spiro atoms. The Balaban J connectivity index is 1.44. The minimum atomic E-state index is -0.394. The van der Waals surface area contributed by atoms with Gasteiger partial charge in [0.2, 0.25) is 5.91 Å². The summed E-state index contributed by atoms with van der Waals surface area (Å²) in [5.74, 6) is 2.60. The summed E-state index contributed by atoms with van der Waals surface area (Å²) in [6, 6.07) is 8.11. The summed E-state index contributed by atoms with van der Waals surface area (Å²) in [5.41, 5.74) is 2.85. The third-order valence-electron chi connectivity index (χ3n) is 4.29. The van der Waals surface area contributed by atoms with E-state index in [1.807, 2.05) is 43.7 Å². The normalized spacial score (nSPS) is 14.1. The molecule has 0 atom stereocenters. The van der Waals surface area contributed by atoms with E-state index in [0.29, 0.717) is 25.8 Å². The van der Waals surface area contributed by atoms with E-state index in [1.165, 1.54) is 0 Å². The molecule has 1 aromatic carbocycles. The first kappa shape index (κ1) is 16.9. The number of aryl methyl sites for hydroxylation is 1. The molecule has 0 unspecified atom stereocenters. The summed E-state index contributed by atoms with van der Waals surface area (Å²) in [5, 5.41) is 15.2. The van der Waals surface area contributed by atoms with Crippen LogP contribution in [0.4, 0.5) is 0 Å². The van der Waals surface area contributed by atoms with E-state index < -0.39 is 5.66 Å². The second-order valence-electron chi connectivity index (χ2n) is 6.26. The average Bonchev–Trinajstić information content (AvgIpc) is 3.28. The fourth-order valence-electron chi connectivity index (χ4n) is 2.66. The van der Waals surface area contributed by atoms with Crippen LogP contribution in [0.25, 0.3) is 11.1 Å². The molecular formula is C19H21N5O. The number of terminal acetylenes is 1. The van der Waals surface area contributed by atoms with Crippen molar-refractivity contribution in [3.8, 4) is 23.5 Å². The maximum atomic E-state index is 12.0. The van der Waals surface area contributed by atoms with Crippen molar-refractivity contribution in [2.45, 2.75) is 37.9 Å². The van der Waals surface area contributed by atoms with Gasteiger partial charge in [-0.15, -0.1) is 12.3 Å². The lowest BCUT2D eigenvalue weighted by atomic mass is 10.0. The fourth-order valence-corrected chi connectivity index (χ4v) is 2.66. The quantitative estimate of drug-likeness (QED) is 0.753. The van der Waals surface area contributed by atoms with Crippen molar-refractivity contribution in [1.82, 2.24) is 15.1 Å². The van der Waals surface area contributed by atoms with Gasteiger partial charge < -0.3 is 5.32 Å². The molecule has 0 saturated heterocycles. The Hall–Kier alpha value is -2.94. The van der Waals surface area contributed by atoms with Gasteiger partial charge in [-0.05, 0) is 11.1 Å². The number of benzene rings is 1. The highest BCUT2D eigenvalue weighted by Crippen LogP contribution is 2.37. The molecular weight excluding hydrogens is 314 g/mol. The Morgan fingerprint density at radius 2 is 2.00 bits per heavy atom. The second kappa shape index (κ2) is 7.31. The molecule has 3 rings (SSSR count). The molecule has 128 valence electrons. The lowest BCUT2D eigenvalue weighted by Gasteiger charge is -2.09. The Morgan fingerprint density at radius 3 is 2.60 bits per heavy atom. The van der Waals surface area contributed by atoms with Gasteiger partial charge in [0.15, 0.2) is 5.66 Å². The van der Waals surface area contributed by atoms with Gasteiger partial charge in [0.05, 0.1) is 6.20 Å². The molecule has 0 radical (unpaired) electrons. The van der Waals surface area contributed by atoms with Crippen molar-refractivity contribution < 1.29 is 4.79 Å². The summed E-state index contributed by atoms with van der Waals surface area (Å²) in [7, 11) is 1.90. The summed E-state index contributed by atoms with van der Waals surface area (Å²) in [6.45, 7) is 0.512. The van der Waals surface area contributed by atoms with Gasteiger partial charge in [-0.3, -0.25) is 9.48 Å². The summed E-state index contributed by atoms with van der Waals surface area (Å²) in [6.07, 6.45) is 11.5. The number of hydrogen-bond acceptors (Lipinski definition) is 4. The number of nitrogens with one attached hydrogen (secondary N) is 1. The molecule has 25 heavy (non-hydrogen) atoms. The Bertz CT molecular complexity index is 807. The number of carbonyl (C=O) groups is 1. The van der Waals surface area contributed by atoms with Crippen LogP contribution in [0, 0.1) is 12.3 Å². The van der Waals surface area contributed by atoms with E-state index in [1.54, 1.807) is 4.68 Å². The van der Waals surface area contributed by atoms with Gasteiger partial charge in [0.1, 0.15) is 0 Å². The molecule has 2 aromatic rings. The predicted octanol–water partition coefficient (Wildman–Crippen LogP) is 3.06. The van der Waals surface area contributed by atoms with Gasteiger partial charge in [-0.25, -0.2) is 0 Å². The number of rotatable bonds is 8. The van der Waals surface area contributed by atoms with Crippen LogP contribution in [0.15, 0.2) is 46.9 Å². The lowest BCUT2D eigenvalue weighted by Crippen LogP contribution is -2.24. The van der Waals surface area contributed by atoms with Crippen LogP contribution in [0.1, 0.15) is 31.2 Å². The molecule has 0 fully saturated rings. The standard InChI is InChI=1S/C19H21N5O/c1-3-4-10-19(22-23-19)11-9-18(25)20-12-15-5-7-16(8-6-15)17-13-21-24(2)14-17/h1,5-8,13-14H,4,9-12H2,2H3,(H,20,25). The molecule has 1 N–H and O–H groups in total. The van der Waals surface area contributed by atoms with Crippen LogP contribution >= 0.6 is 0 Å². The molecule has 0 bridgehead atoms. The second-order valence-corrected chi connectivity index (χ2v) is 6.26. The van der Waals surface area contributed by atoms with Crippen LogP contribution in [0.5, 0.6) is 0 Å². The van der Waals surface area contributed by atoms with Gasteiger partial charge in [0, 0.05) is 51.0 Å². The molecule has 1 aliphatic rings.